The molecular weight excluding hydrogens is 131 g/mol. The van der Waals surface area contributed by atoms with Crippen LogP contribution in [0.25, 0.3) is 0 Å². The van der Waals surface area contributed by atoms with Gasteiger partial charge in [0.15, 0.2) is 0 Å². The van der Waals surface area contributed by atoms with Crippen molar-refractivity contribution >= 4 is 7.85 Å². The highest BCUT2D eigenvalue weighted by Crippen LogP contribution is 2.10. The van der Waals surface area contributed by atoms with Gasteiger partial charge in [-0.2, -0.15) is 0 Å². The molecule has 58 valence electrons. The molecular formula is C10H15B. The minimum absolute atomic E-state index is 1.23. The van der Waals surface area contributed by atoms with Crippen LogP contribution >= 0.6 is 0 Å². The van der Waals surface area contributed by atoms with Gasteiger partial charge in [0.05, 0.1) is 0 Å². The minimum Gasteiger partial charge on any atom is -0.128 e. The predicted molar refractivity (Wildman–Crippen MR) is 54.4 cm³/mol. The summed E-state index contributed by atoms with van der Waals surface area (Å²) >= 11 is 0. The quantitative estimate of drug-likeness (QED) is 0.318. The third-order valence-electron chi connectivity index (χ3n) is 1.93. The molecule has 0 nitrogen and oxygen atoms in total. The first-order chi connectivity index (χ1) is 5.13. The summed E-state index contributed by atoms with van der Waals surface area (Å²) in [5.41, 5.74) is 6.62. The van der Waals surface area contributed by atoms with Crippen LogP contribution in [0.15, 0.2) is 41.1 Å². The Morgan fingerprint density at radius 1 is 1.45 bits per heavy atom. The lowest BCUT2D eigenvalue weighted by molar-refractivity contribution is 1.38. The van der Waals surface area contributed by atoms with E-state index in [4.69, 9.17) is 0 Å². The lowest BCUT2D eigenvalue weighted by Gasteiger charge is -2.02. The second-order valence-electron chi connectivity index (χ2n) is 2.63. The summed E-state index contributed by atoms with van der Waals surface area (Å²) in [6.45, 7) is 9.76. The normalized spacial score (nSPS) is 13.5. The lowest BCUT2D eigenvalue weighted by Crippen LogP contribution is -1.87. The highest BCUT2D eigenvalue weighted by atomic mass is 13.9. The van der Waals surface area contributed by atoms with Crippen LogP contribution < -0.4 is 0 Å². The van der Waals surface area contributed by atoms with E-state index in [0.29, 0.717) is 0 Å². The molecule has 0 atom stereocenters. The van der Waals surface area contributed by atoms with Gasteiger partial charge < -0.3 is 0 Å². The van der Waals surface area contributed by atoms with Crippen LogP contribution in [-0.4, -0.2) is 7.85 Å². The molecule has 0 amide bonds. The first-order valence-corrected chi connectivity index (χ1v) is 3.80. The van der Waals surface area contributed by atoms with Crippen molar-refractivity contribution in [2.75, 3.05) is 0 Å². The highest BCUT2D eigenvalue weighted by molar-refractivity contribution is 6.24. The van der Waals surface area contributed by atoms with Gasteiger partial charge in [-0.25, -0.2) is 0 Å². The highest BCUT2D eigenvalue weighted by Gasteiger charge is 1.93. The molecule has 0 aromatic carbocycles. The van der Waals surface area contributed by atoms with E-state index in [1.807, 2.05) is 13.0 Å². The van der Waals surface area contributed by atoms with Crippen LogP contribution in [0, 0.1) is 0 Å². The van der Waals surface area contributed by atoms with Crippen LogP contribution in [0.4, 0.5) is 0 Å². The van der Waals surface area contributed by atoms with Gasteiger partial charge in [-0.1, -0.05) is 23.7 Å². The van der Waals surface area contributed by atoms with Crippen molar-refractivity contribution in [3.8, 4) is 0 Å². The van der Waals surface area contributed by atoms with Crippen molar-refractivity contribution < 1.29 is 0 Å². The lowest BCUT2D eigenvalue weighted by atomic mass is 9.85. The van der Waals surface area contributed by atoms with Crippen molar-refractivity contribution in [3.63, 3.8) is 0 Å². The van der Waals surface area contributed by atoms with Gasteiger partial charge >= 0.3 is 0 Å². The summed E-state index contributed by atoms with van der Waals surface area (Å²) in [6.07, 6.45) is 4.01. The molecule has 0 aliphatic carbocycles. The summed E-state index contributed by atoms with van der Waals surface area (Å²) < 4.78 is 0. The van der Waals surface area contributed by atoms with Crippen molar-refractivity contribution in [1.29, 1.82) is 0 Å². The Hall–Kier alpha value is -0.935. The summed E-state index contributed by atoms with van der Waals surface area (Å²) in [7, 11) is 2.11. The number of allylic oxidation sites excluding steroid dienone is 5. The van der Waals surface area contributed by atoms with Gasteiger partial charge in [0.1, 0.15) is 7.85 Å². The molecule has 0 fully saturated rings. The van der Waals surface area contributed by atoms with Crippen molar-refractivity contribution in [1.82, 2.24) is 0 Å². The SMILES string of the molecule is BC(/C(C)=C\C)=C(\C)C=C=C. The molecule has 0 bridgehead atoms. The van der Waals surface area contributed by atoms with Gasteiger partial charge in [0.2, 0.25) is 0 Å². The predicted octanol–water partition coefficient (Wildman–Crippen LogP) is 2.20. The fourth-order valence-corrected chi connectivity index (χ4v) is 0.789. The van der Waals surface area contributed by atoms with Gasteiger partial charge in [0.25, 0.3) is 0 Å². The van der Waals surface area contributed by atoms with Crippen molar-refractivity contribution in [2.24, 2.45) is 0 Å². The van der Waals surface area contributed by atoms with Crippen molar-refractivity contribution in [2.45, 2.75) is 20.8 Å². The number of hydrogen-bond donors (Lipinski definition) is 0. The van der Waals surface area contributed by atoms with E-state index in [1.54, 1.807) is 0 Å². The molecule has 1 heteroatoms. The topological polar surface area (TPSA) is 0 Å². The van der Waals surface area contributed by atoms with Gasteiger partial charge in [0, 0.05) is 0 Å². The largest absolute Gasteiger partial charge is 0.139 e. The Morgan fingerprint density at radius 3 is 2.36 bits per heavy atom. The molecule has 0 saturated heterocycles. The van der Waals surface area contributed by atoms with E-state index >= 15 is 0 Å². The maximum Gasteiger partial charge on any atom is 0.139 e. The molecule has 0 heterocycles. The van der Waals surface area contributed by atoms with Crippen LogP contribution in [0.3, 0.4) is 0 Å². The fraction of sp³-hybridized carbons (Fsp3) is 0.300. The van der Waals surface area contributed by atoms with E-state index in [2.05, 4.69) is 40.1 Å². The summed E-state index contributed by atoms with van der Waals surface area (Å²) in [6, 6.07) is 0. The summed E-state index contributed by atoms with van der Waals surface area (Å²) in [5, 5.41) is 0. The third-order valence-corrected chi connectivity index (χ3v) is 1.93. The van der Waals surface area contributed by atoms with E-state index in [0.717, 1.165) is 0 Å². The molecule has 0 rings (SSSR count). The van der Waals surface area contributed by atoms with Crippen LogP contribution in [0.1, 0.15) is 20.8 Å². The zero-order chi connectivity index (χ0) is 8.85. The zero-order valence-corrected chi connectivity index (χ0v) is 7.86. The van der Waals surface area contributed by atoms with E-state index in [1.165, 1.54) is 16.6 Å². The monoisotopic (exact) mass is 146 g/mol. The molecule has 11 heavy (non-hydrogen) atoms. The molecule has 0 saturated carbocycles. The maximum absolute atomic E-state index is 3.53. The fourth-order valence-electron chi connectivity index (χ4n) is 0.789. The number of hydrogen-bond acceptors (Lipinski definition) is 0. The van der Waals surface area contributed by atoms with Gasteiger partial charge in [-0.05, 0) is 32.4 Å². The first kappa shape index (κ1) is 10.1. The Bertz CT molecular complexity index is 238. The average Bonchev–Trinajstić information content (AvgIpc) is 2.02. The summed E-state index contributed by atoms with van der Waals surface area (Å²) in [5.74, 6) is 0. The first-order valence-electron chi connectivity index (χ1n) is 3.80. The average molecular weight is 146 g/mol. The van der Waals surface area contributed by atoms with E-state index in [-0.39, 0.29) is 0 Å². The molecule has 0 aromatic heterocycles. The zero-order valence-electron chi connectivity index (χ0n) is 7.86. The molecule has 0 aliphatic heterocycles. The number of rotatable bonds is 2. The Morgan fingerprint density at radius 2 is 2.00 bits per heavy atom. The Balaban J connectivity index is 4.80. The summed E-state index contributed by atoms with van der Waals surface area (Å²) in [4.78, 5) is 0. The smallest absolute Gasteiger partial charge is 0.128 e. The van der Waals surface area contributed by atoms with Crippen LogP contribution in [-0.2, 0) is 0 Å². The minimum atomic E-state index is 1.23. The molecule has 0 spiro atoms. The van der Waals surface area contributed by atoms with Gasteiger partial charge in [-0.3, -0.25) is 0 Å². The molecule has 0 aliphatic rings. The third kappa shape index (κ3) is 3.11. The van der Waals surface area contributed by atoms with E-state index < -0.39 is 0 Å². The second-order valence-corrected chi connectivity index (χ2v) is 2.63. The van der Waals surface area contributed by atoms with Crippen molar-refractivity contribution in [3.05, 3.63) is 41.1 Å². The Kier molecular flexibility index (Phi) is 4.41. The molecule has 0 N–H and O–H groups in total. The van der Waals surface area contributed by atoms with Gasteiger partial charge in [-0.15, -0.1) is 5.73 Å². The second kappa shape index (κ2) is 4.82. The standard InChI is InChI=1S/C10H15B/c1-5-7-9(4)10(11)8(3)6-2/h6-7H,1,11H2,2-4H3/b8-6-,10-9+. The maximum atomic E-state index is 3.53. The van der Waals surface area contributed by atoms with Crippen LogP contribution in [0.2, 0.25) is 0 Å². The molecule has 0 aromatic rings. The molecule has 0 unspecified atom stereocenters. The Labute approximate surface area is 70.4 Å². The van der Waals surface area contributed by atoms with E-state index in [9.17, 15) is 0 Å². The molecule has 0 radical (unpaired) electrons. The van der Waals surface area contributed by atoms with Crippen LogP contribution in [0.5, 0.6) is 0 Å².